The van der Waals surface area contributed by atoms with Gasteiger partial charge in [0.25, 0.3) is 0 Å². The Balaban J connectivity index is 4.64. The average Bonchev–Trinajstić information content (AvgIpc) is 2.19. The van der Waals surface area contributed by atoms with Gasteiger partial charge < -0.3 is 9.47 Å². The van der Waals surface area contributed by atoms with Crippen LogP contribution in [-0.4, -0.2) is 25.7 Å². The Kier molecular flexibility index (Phi) is 4.64. The molecule has 78 valence electrons. The van der Waals surface area contributed by atoms with Crippen molar-refractivity contribution < 1.29 is 19.1 Å². The standard InChI is InChI=1S/C9H13NO4/c1-4-9(5-10,8(12)13-3)6-14-7(2)11/h4,6H2,1-3H3. The zero-order chi connectivity index (χ0) is 11.2. The molecule has 0 saturated heterocycles. The number of esters is 2. The molecule has 0 aromatic carbocycles. The van der Waals surface area contributed by atoms with Gasteiger partial charge in [0, 0.05) is 6.92 Å². The minimum absolute atomic E-state index is 0.240. The number of methoxy groups -OCH3 is 1. The van der Waals surface area contributed by atoms with Gasteiger partial charge in [0.05, 0.1) is 13.2 Å². The van der Waals surface area contributed by atoms with E-state index in [4.69, 9.17) is 5.26 Å². The summed E-state index contributed by atoms with van der Waals surface area (Å²) in [6, 6.07) is 1.82. The van der Waals surface area contributed by atoms with E-state index in [0.29, 0.717) is 0 Å². The summed E-state index contributed by atoms with van der Waals surface area (Å²) < 4.78 is 9.13. The Bertz CT molecular complexity index is 268. The van der Waals surface area contributed by atoms with E-state index in [-0.39, 0.29) is 13.0 Å². The second-order valence-corrected chi connectivity index (χ2v) is 2.82. The third-order valence-corrected chi connectivity index (χ3v) is 1.92. The van der Waals surface area contributed by atoms with Crippen molar-refractivity contribution in [3.05, 3.63) is 0 Å². The van der Waals surface area contributed by atoms with E-state index in [1.165, 1.54) is 14.0 Å². The maximum absolute atomic E-state index is 11.3. The van der Waals surface area contributed by atoms with E-state index >= 15 is 0 Å². The van der Waals surface area contributed by atoms with Crippen molar-refractivity contribution in [1.82, 2.24) is 0 Å². The quantitative estimate of drug-likeness (QED) is 0.621. The molecule has 0 amide bonds. The van der Waals surface area contributed by atoms with Gasteiger partial charge in [-0.05, 0) is 6.42 Å². The van der Waals surface area contributed by atoms with Crippen LogP contribution >= 0.6 is 0 Å². The SMILES string of the molecule is CCC(C#N)(COC(C)=O)C(=O)OC. The highest BCUT2D eigenvalue weighted by Gasteiger charge is 2.39. The number of nitriles is 1. The van der Waals surface area contributed by atoms with Crippen LogP contribution in [0.1, 0.15) is 20.3 Å². The largest absolute Gasteiger partial charge is 0.468 e. The lowest BCUT2D eigenvalue weighted by molar-refractivity contribution is -0.156. The van der Waals surface area contributed by atoms with Gasteiger partial charge in [0.1, 0.15) is 6.61 Å². The minimum atomic E-state index is -1.37. The van der Waals surface area contributed by atoms with Crippen LogP contribution in [0, 0.1) is 16.7 Å². The number of ether oxygens (including phenoxy) is 2. The first-order chi connectivity index (χ1) is 6.52. The van der Waals surface area contributed by atoms with Gasteiger partial charge in [-0.1, -0.05) is 6.92 Å². The molecule has 0 radical (unpaired) electrons. The molecule has 0 fully saturated rings. The van der Waals surface area contributed by atoms with Crippen molar-refractivity contribution in [3.8, 4) is 6.07 Å². The average molecular weight is 199 g/mol. The smallest absolute Gasteiger partial charge is 0.329 e. The van der Waals surface area contributed by atoms with Gasteiger partial charge >= 0.3 is 11.9 Å². The summed E-state index contributed by atoms with van der Waals surface area (Å²) in [4.78, 5) is 21.8. The van der Waals surface area contributed by atoms with Gasteiger partial charge in [-0.15, -0.1) is 0 Å². The molecule has 0 aliphatic rings. The first-order valence-electron chi connectivity index (χ1n) is 4.15. The van der Waals surface area contributed by atoms with Gasteiger partial charge in [-0.3, -0.25) is 9.59 Å². The summed E-state index contributed by atoms with van der Waals surface area (Å²) in [5, 5.41) is 8.85. The Labute approximate surface area is 82.6 Å². The lowest BCUT2D eigenvalue weighted by atomic mass is 9.88. The van der Waals surface area contributed by atoms with Gasteiger partial charge in [0.2, 0.25) is 0 Å². The summed E-state index contributed by atoms with van der Waals surface area (Å²) in [7, 11) is 1.19. The number of rotatable bonds is 4. The molecular formula is C9H13NO4. The molecule has 5 heteroatoms. The molecule has 0 rings (SSSR count). The highest BCUT2D eigenvalue weighted by atomic mass is 16.5. The Hall–Kier alpha value is -1.57. The van der Waals surface area contributed by atoms with Crippen molar-refractivity contribution in [2.45, 2.75) is 20.3 Å². The molecule has 0 aliphatic carbocycles. The molecule has 0 aromatic rings. The monoisotopic (exact) mass is 199 g/mol. The van der Waals surface area contributed by atoms with Crippen LogP contribution in [0.2, 0.25) is 0 Å². The first kappa shape index (κ1) is 12.4. The number of nitrogens with zero attached hydrogens (tertiary/aromatic N) is 1. The molecule has 14 heavy (non-hydrogen) atoms. The molecule has 0 heterocycles. The van der Waals surface area contributed by atoms with E-state index in [1.807, 2.05) is 6.07 Å². The highest BCUT2D eigenvalue weighted by Crippen LogP contribution is 2.23. The second kappa shape index (κ2) is 5.22. The maximum atomic E-state index is 11.3. The number of carbonyl (C=O) groups is 2. The summed E-state index contributed by atoms with van der Waals surface area (Å²) >= 11 is 0. The molecule has 1 unspecified atom stereocenters. The van der Waals surface area contributed by atoms with Crippen molar-refractivity contribution in [2.24, 2.45) is 5.41 Å². The molecule has 1 atom stereocenters. The van der Waals surface area contributed by atoms with Crippen LogP contribution in [0.5, 0.6) is 0 Å². The number of hydrogen-bond acceptors (Lipinski definition) is 5. The molecule has 0 saturated carbocycles. The van der Waals surface area contributed by atoms with E-state index in [0.717, 1.165) is 0 Å². The minimum Gasteiger partial charge on any atom is -0.468 e. The van der Waals surface area contributed by atoms with Crippen LogP contribution in [0.15, 0.2) is 0 Å². The van der Waals surface area contributed by atoms with Gasteiger partial charge in [-0.25, -0.2) is 0 Å². The van der Waals surface area contributed by atoms with Crippen molar-refractivity contribution in [2.75, 3.05) is 13.7 Å². The highest BCUT2D eigenvalue weighted by molar-refractivity contribution is 5.80. The zero-order valence-corrected chi connectivity index (χ0v) is 8.49. The summed E-state index contributed by atoms with van der Waals surface area (Å²) in [5.41, 5.74) is -1.37. The summed E-state index contributed by atoms with van der Waals surface area (Å²) in [5.74, 6) is -1.20. The fourth-order valence-corrected chi connectivity index (χ4v) is 0.883. The molecule has 0 bridgehead atoms. The fourth-order valence-electron chi connectivity index (χ4n) is 0.883. The fraction of sp³-hybridized carbons (Fsp3) is 0.667. The van der Waals surface area contributed by atoms with Crippen molar-refractivity contribution >= 4 is 11.9 Å². The zero-order valence-electron chi connectivity index (χ0n) is 8.49. The van der Waals surface area contributed by atoms with E-state index in [1.54, 1.807) is 6.92 Å². The lowest BCUT2D eigenvalue weighted by Crippen LogP contribution is -2.35. The van der Waals surface area contributed by atoms with E-state index in [2.05, 4.69) is 9.47 Å². The van der Waals surface area contributed by atoms with Crippen LogP contribution in [0.25, 0.3) is 0 Å². The van der Waals surface area contributed by atoms with Crippen LogP contribution in [-0.2, 0) is 19.1 Å². The van der Waals surface area contributed by atoms with Crippen LogP contribution in [0.4, 0.5) is 0 Å². The molecule has 0 spiro atoms. The Morgan fingerprint density at radius 1 is 1.50 bits per heavy atom. The number of carbonyl (C=O) groups excluding carboxylic acids is 2. The number of hydrogen-bond donors (Lipinski definition) is 0. The van der Waals surface area contributed by atoms with Gasteiger partial charge in [-0.2, -0.15) is 5.26 Å². The van der Waals surface area contributed by atoms with Crippen LogP contribution in [0.3, 0.4) is 0 Å². The molecule has 0 aliphatic heterocycles. The van der Waals surface area contributed by atoms with Crippen LogP contribution < -0.4 is 0 Å². The van der Waals surface area contributed by atoms with Gasteiger partial charge in [0.15, 0.2) is 5.41 Å². The maximum Gasteiger partial charge on any atom is 0.329 e. The Morgan fingerprint density at radius 3 is 2.36 bits per heavy atom. The topological polar surface area (TPSA) is 76.4 Å². The third kappa shape index (κ3) is 2.73. The third-order valence-electron chi connectivity index (χ3n) is 1.92. The predicted octanol–water partition coefficient (Wildman–Crippen LogP) is 0.642. The lowest BCUT2D eigenvalue weighted by Gasteiger charge is -2.20. The molecular weight excluding hydrogens is 186 g/mol. The molecule has 0 N–H and O–H groups in total. The van der Waals surface area contributed by atoms with E-state index in [9.17, 15) is 9.59 Å². The predicted molar refractivity (Wildman–Crippen MR) is 47.0 cm³/mol. The van der Waals surface area contributed by atoms with Crippen molar-refractivity contribution in [3.63, 3.8) is 0 Å². The molecule has 5 nitrogen and oxygen atoms in total. The normalized spacial score (nSPS) is 13.6. The molecule has 0 aromatic heterocycles. The summed E-state index contributed by atoms with van der Waals surface area (Å²) in [6.07, 6.45) is 0.240. The van der Waals surface area contributed by atoms with Crippen molar-refractivity contribution in [1.29, 1.82) is 5.26 Å². The van der Waals surface area contributed by atoms with E-state index < -0.39 is 17.4 Å². The Morgan fingerprint density at radius 2 is 2.07 bits per heavy atom. The summed E-state index contributed by atoms with van der Waals surface area (Å²) in [6.45, 7) is 2.61. The second-order valence-electron chi connectivity index (χ2n) is 2.82. The first-order valence-corrected chi connectivity index (χ1v) is 4.15.